The lowest BCUT2D eigenvalue weighted by atomic mass is 10.0. The van der Waals surface area contributed by atoms with Crippen LogP contribution in [-0.4, -0.2) is 11.5 Å². The Kier molecular flexibility index (Phi) is 3.42. The molecule has 2 N–H and O–H groups in total. The summed E-state index contributed by atoms with van der Waals surface area (Å²) in [5.41, 5.74) is 6.72. The molecule has 2 rings (SSSR count). The van der Waals surface area contributed by atoms with Gasteiger partial charge in [0.05, 0.1) is 0 Å². The second kappa shape index (κ2) is 4.81. The molecule has 3 heteroatoms. The zero-order chi connectivity index (χ0) is 11.5. The second-order valence-electron chi connectivity index (χ2n) is 4.17. The Morgan fingerprint density at radius 1 is 1.38 bits per heavy atom. The molecule has 0 amide bonds. The van der Waals surface area contributed by atoms with Crippen LogP contribution in [0.4, 0.5) is 0 Å². The lowest BCUT2D eigenvalue weighted by Gasteiger charge is -2.10. The molecule has 0 saturated heterocycles. The van der Waals surface area contributed by atoms with Crippen LogP contribution in [0.15, 0.2) is 30.5 Å². The molecule has 1 aromatic carbocycles. The molecule has 1 atom stereocenters. The van der Waals surface area contributed by atoms with Crippen molar-refractivity contribution in [3.8, 4) is 0 Å². The average Bonchev–Trinajstić information content (AvgIpc) is 2.29. The van der Waals surface area contributed by atoms with Crippen LogP contribution < -0.4 is 5.73 Å². The molecule has 84 valence electrons. The van der Waals surface area contributed by atoms with Crippen molar-refractivity contribution in [1.82, 2.24) is 4.98 Å². The van der Waals surface area contributed by atoms with Crippen molar-refractivity contribution in [3.05, 3.63) is 41.2 Å². The van der Waals surface area contributed by atoms with Gasteiger partial charge in [0, 0.05) is 22.3 Å². The first-order valence-electron chi connectivity index (χ1n) is 5.44. The number of benzene rings is 1. The first-order chi connectivity index (χ1) is 7.70. The van der Waals surface area contributed by atoms with Gasteiger partial charge in [-0.2, -0.15) is 0 Å². The van der Waals surface area contributed by atoms with Crippen molar-refractivity contribution in [2.75, 3.05) is 6.54 Å². The number of halogens is 1. The monoisotopic (exact) mass is 234 g/mol. The minimum absolute atomic E-state index is 0.442. The molecular weight excluding hydrogens is 220 g/mol. The SMILES string of the molecule is CC(CN)Cc1nccc2ccc(Cl)cc12. The first-order valence-corrected chi connectivity index (χ1v) is 5.81. The first kappa shape index (κ1) is 11.4. The van der Waals surface area contributed by atoms with Gasteiger partial charge in [-0.25, -0.2) is 0 Å². The smallest absolute Gasteiger partial charge is 0.0485 e. The quantitative estimate of drug-likeness (QED) is 0.887. The van der Waals surface area contributed by atoms with Gasteiger partial charge in [-0.1, -0.05) is 24.6 Å². The summed E-state index contributed by atoms with van der Waals surface area (Å²) in [6.07, 6.45) is 2.74. The molecular formula is C13H15ClN2. The molecule has 0 saturated carbocycles. The van der Waals surface area contributed by atoms with E-state index in [4.69, 9.17) is 17.3 Å². The summed E-state index contributed by atoms with van der Waals surface area (Å²) in [6.45, 7) is 2.81. The van der Waals surface area contributed by atoms with Crippen LogP contribution in [0.2, 0.25) is 5.02 Å². The molecule has 0 radical (unpaired) electrons. The van der Waals surface area contributed by atoms with Crippen LogP contribution in [0.5, 0.6) is 0 Å². The average molecular weight is 235 g/mol. The van der Waals surface area contributed by atoms with Gasteiger partial charge < -0.3 is 5.73 Å². The fraction of sp³-hybridized carbons (Fsp3) is 0.308. The molecule has 0 bridgehead atoms. The van der Waals surface area contributed by atoms with Gasteiger partial charge >= 0.3 is 0 Å². The Bertz CT molecular complexity index is 496. The molecule has 2 aromatic rings. The van der Waals surface area contributed by atoms with E-state index < -0.39 is 0 Å². The van der Waals surface area contributed by atoms with E-state index in [2.05, 4.69) is 11.9 Å². The van der Waals surface area contributed by atoms with Gasteiger partial charge in [-0.15, -0.1) is 0 Å². The minimum atomic E-state index is 0.442. The highest BCUT2D eigenvalue weighted by molar-refractivity contribution is 6.31. The molecule has 2 nitrogen and oxygen atoms in total. The Morgan fingerprint density at radius 2 is 2.19 bits per heavy atom. The third-order valence-electron chi connectivity index (χ3n) is 2.75. The van der Waals surface area contributed by atoms with Crippen LogP contribution in [0.1, 0.15) is 12.6 Å². The van der Waals surface area contributed by atoms with E-state index in [0.29, 0.717) is 12.5 Å². The Morgan fingerprint density at radius 3 is 2.94 bits per heavy atom. The molecule has 0 aliphatic rings. The van der Waals surface area contributed by atoms with Crippen molar-refractivity contribution in [1.29, 1.82) is 0 Å². The van der Waals surface area contributed by atoms with Crippen molar-refractivity contribution in [3.63, 3.8) is 0 Å². The van der Waals surface area contributed by atoms with Crippen molar-refractivity contribution < 1.29 is 0 Å². The summed E-state index contributed by atoms with van der Waals surface area (Å²) < 4.78 is 0. The van der Waals surface area contributed by atoms with Gasteiger partial charge in [-0.3, -0.25) is 4.98 Å². The molecule has 1 unspecified atom stereocenters. The predicted molar refractivity (Wildman–Crippen MR) is 68.7 cm³/mol. The van der Waals surface area contributed by atoms with E-state index in [-0.39, 0.29) is 0 Å². The summed E-state index contributed by atoms with van der Waals surface area (Å²) in [5.74, 6) is 0.442. The Balaban J connectivity index is 2.47. The fourth-order valence-corrected chi connectivity index (χ4v) is 1.95. The minimum Gasteiger partial charge on any atom is -0.330 e. The number of hydrogen-bond donors (Lipinski definition) is 1. The van der Waals surface area contributed by atoms with E-state index in [0.717, 1.165) is 22.5 Å². The zero-order valence-corrected chi connectivity index (χ0v) is 10.0. The molecule has 16 heavy (non-hydrogen) atoms. The highest BCUT2D eigenvalue weighted by Gasteiger charge is 2.07. The maximum Gasteiger partial charge on any atom is 0.0485 e. The lowest BCUT2D eigenvalue weighted by molar-refractivity contribution is 0.587. The topological polar surface area (TPSA) is 38.9 Å². The van der Waals surface area contributed by atoms with Crippen LogP contribution >= 0.6 is 11.6 Å². The molecule has 0 aliphatic heterocycles. The summed E-state index contributed by atoms with van der Waals surface area (Å²) in [7, 11) is 0. The third kappa shape index (κ3) is 2.34. The van der Waals surface area contributed by atoms with Gasteiger partial charge in [0.15, 0.2) is 0 Å². The Hall–Kier alpha value is -1.12. The van der Waals surface area contributed by atoms with Gasteiger partial charge in [0.2, 0.25) is 0 Å². The van der Waals surface area contributed by atoms with Crippen LogP contribution in [-0.2, 0) is 6.42 Å². The maximum absolute atomic E-state index is 6.01. The van der Waals surface area contributed by atoms with Crippen LogP contribution in [0, 0.1) is 5.92 Å². The highest BCUT2D eigenvalue weighted by Crippen LogP contribution is 2.22. The van der Waals surface area contributed by atoms with Crippen LogP contribution in [0.3, 0.4) is 0 Å². The summed E-state index contributed by atoms with van der Waals surface area (Å²) in [6, 6.07) is 7.90. The molecule has 1 aromatic heterocycles. The maximum atomic E-state index is 6.01. The van der Waals surface area contributed by atoms with E-state index >= 15 is 0 Å². The number of aromatic nitrogens is 1. The lowest BCUT2D eigenvalue weighted by Crippen LogP contribution is -2.13. The standard InChI is InChI=1S/C13H15ClN2/c1-9(8-15)6-13-12-7-11(14)3-2-10(12)4-5-16-13/h2-5,7,9H,6,8,15H2,1H3. The number of nitrogens with two attached hydrogens (primary N) is 1. The van der Waals surface area contributed by atoms with E-state index in [1.807, 2.05) is 30.5 Å². The molecule has 0 spiro atoms. The second-order valence-corrected chi connectivity index (χ2v) is 4.60. The Labute approximate surface area is 100 Å². The highest BCUT2D eigenvalue weighted by atomic mass is 35.5. The number of fused-ring (bicyclic) bond motifs is 1. The van der Waals surface area contributed by atoms with Gasteiger partial charge in [-0.05, 0) is 42.5 Å². The van der Waals surface area contributed by atoms with Crippen LogP contribution in [0.25, 0.3) is 10.8 Å². The predicted octanol–water partition coefficient (Wildman–Crippen LogP) is 3.03. The summed E-state index contributed by atoms with van der Waals surface area (Å²) in [4.78, 5) is 4.42. The molecule has 1 heterocycles. The van der Waals surface area contributed by atoms with Crippen molar-refractivity contribution in [2.24, 2.45) is 11.7 Å². The van der Waals surface area contributed by atoms with Gasteiger partial charge in [0.25, 0.3) is 0 Å². The number of hydrogen-bond acceptors (Lipinski definition) is 2. The normalized spacial score (nSPS) is 12.9. The number of pyridine rings is 1. The van der Waals surface area contributed by atoms with E-state index in [9.17, 15) is 0 Å². The van der Waals surface area contributed by atoms with Gasteiger partial charge in [0.1, 0.15) is 0 Å². The number of nitrogens with zero attached hydrogens (tertiary/aromatic N) is 1. The third-order valence-corrected chi connectivity index (χ3v) is 2.99. The number of rotatable bonds is 3. The zero-order valence-electron chi connectivity index (χ0n) is 9.28. The van der Waals surface area contributed by atoms with E-state index in [1.54, 1.807) is 0 Å². The summed E-state index contributed by atoms with van der Waals surface area (Å²) in [5, 5.41) is 3.07. The molecule has 0 fully saturated rings. The van der Waals surface area contributed by atoms with Crippen molar-refractivity contribution in [2.45, 2.75) is 13.3 Å². The summed E-state index contributed by atoms with van der Waals surface area (Å²) >= 11 is 6.01. The van der Waals surface area contributed by atoms with Crippen molar-refractivity contribution >= 4 is 22.4 Å². The fourth-order valence-electron chi connectivity index (χ4n) is 1.78. The van der Waals surface area contributed by atoms with E-state index in [1.165, 1.54) is 5.39 Å². The molecule has 0 aliphatic carbocycles. The largest absolute Gasteiger partial charge is 0.330 e.